The molecule has 1 aliphatic rings. The molecular weight excluding hydrogens is 294 g/mol. The second-order valence-corrected chi connectivity index (χ2v) is 8.70. The third kappa shape index (κ3) is 3.61. The highest BCUT2D eigenvalue weighted by Gasteiger charge is 2.31. The van der Waals surface area contributed by atoms with E-state index in [0.717, 1.165) is 19.3 Å². The van der Waals surface area contributed by atoms with Crippen LogP contribution in [-0.4, -0.2) is 19.6 Å². The summed E-state index contributed by atoms with van der Waals surface area (Å²) < 4.78 is 28.0. The van der Waals surface area contributed by atoms with Crippen LogP contribution in [-0.2, 0) is 16.6 Å². The van der Waals surface area contributed by atoms with Gasteiger partial charge >= 0.3 is 0 Å². The minimum absolute atomic E-state index is 0.0356. The van der Waals surface area contributed by atoms with Crippen molar-refractivity contribution in [1.82, 2.24) is 4.72 Å². The van der Waals surface area contributed by atoms with Crippen LogP contribution in [0, 0.1) is 11.8 Å². The lowest BCUT2D eigenvalue weighted by atomic mass is 9.78. The topological polar surface area (TPSA) is 66.4 Å². The summed E-state index contributed by atoms with van der Waals surface area (Å²) in [4.78, 5) is 0. The van der Waals surface area contributed by atoms with Gasteiger partial charge in [0, 0.05) is 6.04 Å². The Morgan fingerprint density at radius 1 is 1.40 bits per heavy atom. The molecule has 0 amide bonds. The van der Waals surface area contributed by atoms with Gasteiger partial charge in [-0.1, -0.05) is 26.7 Å². The van der Waals surface area contributed by atoms with Crippen molar-refractivity contribution in [3.63, 3.8) is 0 Å². The van der Waals surface area contributed by atoms with Crippen LogP contribution in [0.3, 0.4) is 0 Å². The molecule has 2 unspecified atom stereocenters. The lowest BCUT2D eigenvalue weighted by molar-refractivity contribution is 0.226. The summed E-state index contributed by atoms with van der Waals surface area (Å²) in [6, 6.07) is 1.59. The average Bonchev–Trinajstić information content (AvgIpc) is 2.88. The van der Waals surface area contributed by atoms with Crippen LogP contribution in [0.4, 0.5) is 0 Å². The minimum atomic E-state index is -3.46. The Hall–Kier alpha value is -0.430. The zero-order valence-corrected chi connectivity index (χ0v) is 13.6. The smallest absolute Gasteiger partial charge is 0.250 e. The second-order valence-electron chi connectivity index (χ2n) is 5.85. The van der Waals surface area contributed by atoms with E-state index < -0.39 is 10.0 Å². The summed E-state index contributed by atoms with van der Waals surface area (Å²) in [5.41, 5.74) is 0.652. The maximum absolute atomic E-state index is 12.4. The second kappa shape index (κ2) is 6.56. The number of nitrogens with one attached hydrogen (secondary N) is 1. The summed E-state index contributed by atoms with van der Waals surface area (Å²) in [7, 11) is -3.46. The number of hydrogen-bond donors (Lipinski definition) is 2. The molecule has 0 bridgehead atoms. The van der Waals surface area contributed by atoms with Gasteiger partial charge in [0.1, 0.15) is 4.21 Å². The van der Waals surface area contributed by atoms with E-state index in [0.29, 0.717) is 21.6 Å². The van der Waals surface area contributed by atoms with Crippen LogP contribution in [0.25, 0.3) is 0 Å². The Balaban J connectivity index is 2.14. The quantitative estimate of drug-likeness (QED) is 0.877. The van der Waals surface area contributed by atoms with Gasteiger partial charge in [0.15, 0.2) is 0 Å². The van der Waals surface area contributed by atoms with E-state index in [1.807, 2.05) is 0 Å². The van der Waals surface area contributed by atoms with Crippen molar-refractivity contribution in [2.75, 3.05) is 0 Å². The van der Waals surface area contributed by atoms with E-state index in [4.69, 9.17) is 5.11 Å². The minimum Gasteiger partial charge on any atom is -0.392 e. The summed E-state index contributed by atoms with van der Waals surface area (Å²) in [5, 5.41) is 10.7. The lowest BCUT2D eigenvalue weighted by Gasteiger charge is -2.34. The van der Waals surface area contributed by atoms with Gasteiger partial charge in [-0.15, -0.1) is 11.3 Å². The Labute approximate surface area is 125 Å². The Kier molecular flexibility index (Phi) is 5.23. The molecule has 2 N–H and O–H groups in total. The molecule has 2 rings (SSSR count). The molecule has 1 aromatic rings. The van der Waals surface area contributed by atoms with E-state index in [1.54, 1.807) is 11.4 Å². The summed E-state index contributed by atoms with van der Waals surface area (Å²) >= 11 is 1.17. The number of rotatable bonds is 5. The highest BCUT2D eigenvalue weighted by atomic mass is 32.2. The molecule has 1 fully saturated rings. The fraction of sp³-hybridized carbons (Fsp3) is 0.714. The maximum atomic E-state index is 12.4. The first-order valence-electron chi connectivity index (χ1n) is 7.14. The number of sulfonamides is 1. The fourth-order valence-corrected chi connectivity index (χ4v) is 5.48. The third-order valence-electron chi connectivity index (χ3n) is 4.06. The first-order chi connectivity index (χ1) is 9.44. The van der Waals surface area contributed by atoms with Gasteiger partial charge in [-0.05, 0) is 41.7 Å². The van der Waals surface area contributed by atoms with Crippen molar-refractivity contribution in [3.05, 3.63) is 17.0 Å². The molecule has 0 radical (unpaired) electrons. The molecule has 1 aliphatic carbocycles. The van der Waals surface area contributed by atoms with Gasteiger partial charge < -0.3 is 5.11 Å². The zero-order chi connectivity index (χ0) is 14.8. The van der Waals surface area contributed by atoms with Crippen LogP contribution in [0.15, 0.2) is 15.7 Å². The van der Waals surface area contributed by atoms with E-state index >= 15 is 0 Å². The molecular formula is C14H23NO3S2. The predicted molar refractivity (Wildman–Crippen MR) is 81.1 cm³/mol. The third-order valence-corrected chi connectivity index (χ3v) is 7.04. The van der Waals surface area contributed by atoms with E-state index in [-0.39, 0.29) is 12.6 Å². The van der Waals surface area contributed by atoms with Crippen molar-refractivity contribution in [2.45, 2.75) is 56.4 Å². The molecule has 1 aromatic heterocycles. The molecule has 4 nitrogen and oxygen atoms in total. The molecule has 114 valence electrons. The molecule has 20 heavy (non-hydrogen) atoms. The Morgan fingerprint density at radius 2 is 2.10 bits per heavy atom. The molecule has 2 atom stereocenters. The molecule has 1 heterocycles. The van der Waals surface area contributed by atoms with Crippen molar-refractivity contribution in [2.24, 2.45) is 11.8 Å². The number of hydrogen-bond acceptors (Lipinski definition) is 4. The number of thiophene rings is 1. The highest BCUT2D eigenvalue weighted by molar-refractivity contribution is 7.91. The number of aliphatic hydroxyl groups excluding tert-OH is 1. The van der Waals surface area contributed by atoms with Gasteiger partial charge in [0.05, 0.1) is 6.61 Å². The first kappa shape index (κ1) is 15.9. The predicted octanol–water partition coefficient (Wildman–Crippen LogP) is 2.73. The van der Waals surface area contributed by atoms with Crippen molar-refractivity contribution in [1.29, 1.82) is 0 Å². The SMILES string of the molecule is CC(C)C1CCCCC1NS(=O)(=O)c1cc(CO)cs1. The summed E-state index contributed by atoms with van der Waals surface area (Å²) in [5.74, 6) is 0.898. The monoisotopic (exact) mass is 317 g/mol. The Bertz CT molecular complexity index is 536. The summed E-state index contributed by atoms with van der Waals surface area (Å²) in [6.07, 6.45) is 4.29. The van der Waals surface area contributed by atoms with Gasteiger partial charge in [-0.2, -0.15) is 0 Å². The summed E-state index contributed by atoms with van der Waals surface area (Å²) in [6.45, 7) is 4.20. The van der Waals surface area contributed by atoms with Crippen LogP contribution < -0.4 is 4.72 Å². The molecule has 0 spiro atoms. The first-order valence-corrected chi connectivity index (χ1v) is 9.51. The van der Waals surface area contributed by atoms with Crippen LogP contribution in [0.2, 0.25) is 0 Å². The van der Waals surface area contributed by atoms with E-state index in [9.17, 15) is 8.42 Å². The fourth-order valence-electron chi connectivity index (χ4n) is 2.94. The lowest BCUT2D eigenvalue weighted by Crippen LogP contribution is -2.43. The van der Waals surface area contributed by atoms with Gasteiger partial charge in [-0.3, -0.25) is 0 Å². The largest absolute Gasteiger partial charge is 0.392 e. The van der Waals surface area contributed by atoms with Gasteiger partial charge in [-0.25, -0.2) is 13.1 Å². The normalized spacial score (nSPS) is 24.2. The van der Waals surface area contributed by atoms with E-state index in [1.165, 1.54) is 17.8 Å². The van der Waals surface area contributed by atoms with Crippen molar-refractivity contribution < 1.29 is 13.5 Å². The zero-order valence-electron chi connectivity index (χ0n) is 12.0. The van der Waals surface area contributed by atoms with Crippen LogP contribution in [0.1, 0.15) is 45.1 Å². The van der Waals surface area contributed by atoms with Crippen LogP contribution >= 0.6 is 11.3 Å². The van der Waals surface area contributed by atoms with Gasteiger partial charge in [0.2, 0.25) is 10.0 Å². The highest BCUT2D eigenvalue weighted by Crippen LogP contribution is 2.31. The molecule has 6 heteroatoms. The van der Waals surface area contributed by atoms with Gasteiger partial charge in [0.25, 0.3) is 0 Å². The molecule has 0 saturated heterocycles. The molecule has 1 saturated carbocycles. The maximum Gasteiger partial charge on any atom is 0.250 e. The van der Waals surface area contributed by atoms with Crippen molar-refractivity contribution in [3.8, 4) is 0 Å². The Morgan fingerprint density at radius 3 is 2.70 bits per heavy atom. The standard InChI is InChI=1S/C14H23NO3S2/c1-10(2)12-5-3-4-6-13(12)15-20(17,18)14-7-11(8-16)9-19-14/h7,9-10,12-13,15-16H,3-6,8H2,1-2H3. The van der Waals surface area contributed by atoms with Crippen LogP contribution in [0.5, 0.6) is 0 Å². The van der Waals surface area contributed by atoms with E-state index in [2.05, 4.69) is 18.6 Å². The van der Waals surface area contributed by atoms with Crippen molar-refractivity contribution >= 4 is 21.4 Å². The average molecular weight is 317 g/mol. The molecule has 0 aliphatic heterocycles. The molecule has 0 aromatic carbocycles. The number of aliphatic hydroxyl groups is 1.